The molecule has 154 valence electrons. The SMILES string of the molecule is CN(c1cccc(F)c1)[C@@H]1C2CCN(CC2)[C@@H]1C(c1ccccc1)c1ccccc1. The zero-order valence-electron chi connectivity index (χ0n) is 17.5. The monoisotopic (exact) mass is 400 g/mol. The molecule has 0 radical (unpaired) electrons. The van der Waals surface area contributed by atoms with Crippen LogP contribution >= 0.6 is 0 Å². The molecule has 3 fully saturated rings. The van der Waals surface area contributed by atoms with E-state index in [1.54, 1.807) is 6.07 Å². The number of anilines is 1. The van der Waals surface area contributed by atoms with Crippen molar-refractivity contribution in [2.75, 3.05) is 25.0 Å². The van der Waals surface area contributed by atoms with Gasteiger partial charge in [0.05, 0.1) is 0 Å². The smallest absolute Gasteiger partial charge is 0.125 e. The van der Waals surface area contributed by atoms with Crippen LogP contribution in [0.1, 0.15) is 29.9 Å². The van der Waals surface area contributed by atoms with Crippen LogP contribution < -0.4 is 4.90 Å². The number of hydrogen-bond acceptors (Lipinski definition) is 2. The van der Waals surface area contributed by atoms with E-state index in [9.17, 15) is 4.39 Å². The molecule has 2 bridgehead atoms. The van der Waals surface area contributed by atoms with Gasteiger partial charge in [0.25, 0.3) is 0 Å². The minimum Gasteiger partial charge on any atom is -0.370 e. The average Bonchev–Trinajstić information content (AvgIpc) is 2.81. The Morgan fingerprint density at radius 3 is 2.00 bits per heavy atom. The fourth-order valence-corrected chi connectivity index (χ4v) is 5.78. The maximum Gasteiger partial charge on any atom is 0.125 e. The Morgan fingerprint density at radius 1 is 0.833 bits per heavy atom. The van der Waals surface area contributed by atoms with Crippen LogP contribution in [0.4, 0.5) is 10.1 Å². The topological polar surface area (TPSA) is 6.48 Å². The third-order valence-electron chi connectivity index (χ3n) is 7.15. The lowest BCUT2D eigenvalue weighted by atomic mass is 9.70. The van der Waals surface area contributed by atoms with E-state index in [1.807, 2.05) is 12.1 Å². The fourth-order valence-electron chi connectivity index (χ4n) is 5.78. The molecule has 3 saturated heterocycles. The van der Waals surface area contributed by atoms with E-state index < -0.39 is 0 Å². The van der Waals surface area contributed by atoms with Crippen molar-refractivity contribution in [3.05, 3.63) is 102 Å². The highest BCUT2D eigenvalue weighted by Crippen LogP contribution is 2.44. The van der Waals surface area contributed by atoms with Gasteiger partial charge in [0, 0.05) is 30.7 Å². The highest BCUT2D eigenvalue weighted by atomic mass is 19.1. The van der Waals surface area contributed by atoms with E-state index in [0.717, 1.165) is 18.8 Å². The molecule has 2 atom stereocenters. The predicted octanol–water partition coefficient (Wildman–Crippen LogP) is 5.56. The molecular formula is C27H29FN2. The van der Waals surface area contributed by atoms with Crippen LogP contribution in [-0.4, -0.2) is 37.1 Å². The maximum atomic E-state index is 14.0. The zero-order chi connectivity index (χ0) is 20.5. The minimum atomic E-state index is -0.167. The summed E-state index contributed by atoms with van der Waals surface area (Å²) in [6.45, 7) is 2.30. The van der Waals surface area contributed by atoms with Gasteiger partial charge in [-0.1, -0.05) is 66.7 Å². The van der Waals surface area contributed by atoms with E-state index in [1.165, 1.54) is 30.0 Å². The van der Waals surface area contributed by atoms with Gasteiger partial charge in [-0.05, 0) is 61.2 Å². The van der Waals surface area contributed by atoms with Crippen molar-refractivity contribution in [3.8, 4) is 0 Å². The second-order valence-corrected chi connectivity index (χ2v) is 8.74. The summed E-state index contributed by atoms with van der Waals surface area (Å²) < 4.78 is 14.0. The Hall–Kier alpha value is -2.65. The number of fused-ring (bicyclic) bond motifs is 3. The quantitative estimate of drug-likeness (QED) is 0.553. The molecule has 3 heterocycles. The number of likely N-dealkylation sites (N-methyl/N-ethyl adjacent to an activating group) is 1. The summed E-state index contributed by atoms with van der Waals surface area (Å²) in [4.78, 5) is 5.04. The Kier molecular flexibility index (Phi) is 5.30. The maximum absolute atomic E-state index is 14.0. The van der Waals surface area contributed by atoms with Crippen LogP contribution in [0, 0.1) is 11.7 Å². The number of rotatable bonds is 5. The second-order valence-electron chi connectivity index (χ2n) is 8.74. The number of hydrogen-bond donors (Lipinski definition) is 0. The Bertz CT molecular complexity index is 927. The second kappa shape index (κ2) is 8.23. The van der Waals surface area contributed by atoms with Crippen molar-refractivity contribution in [2.24, 2.45) is 5.92 Å². The summed E-state index contributed by atoms with van der Waals surface area (Å²) >= 11 is 0. The third kappa shape index (κ3) is 3.52. The molecule has 6 rings (SSSR count). The molecule has 3 aliphatic heterocycles. The standard InChI is InChI=1S/C27H29FN2/c1-29(24-14-8-13-23(28)19-24)26-22-15-17-30(18-16-22)27(26)25(20-9-4-2-5-10-20)21-11-6-3-7-12-21/h2-14,19,22,25-27H,15-18H2,1H3/t26-,27-/m1/s1. The average molecular weight is 401 g/mol. The lowest BCUT2D eigenvalue weighted by molar-refractivity contribution is 0.0186. The van der Waals surface area contributed by atoms with Crippen LogP contribution in [0.3, 0.4) is 0 Å². The van der Waals surface area contributed by atoms with Crippen molar-refractivity contribution in [2.45, 2.75) is 30.8 Å². The summed E-state index contributed by atoms with van der Waals surface area (Å²) in [5, 5.41) is 0. The molecule has 0 N–H and O–H groups in total. The zero-order valence-corrected chi connectivity index (χ0v) is 17.5. The van der Waals surface area contributed by atoms with Crippen molar-refractivity contribution in [3.63, 3.8) is 0 Å². The Balaban J connectivity index is 1.61. The van der Waals surface area contributed by atoms with Gasteiger partial charge in [0.2, 0.25) is 0 Å². The molecule has 0 aliphatic carbocycles. The van der Waals surface area contributed by atoms with Gasteiger partial charge in [0.15, 0.2) is 0 Å². The van der Waals surface area contributed by atoms with Gasteiger partial charge >= 0.3 is 0 Å². The lowest BCUT2D eigenvalue weighted by Gasteiger charge is -2.56. The van der Waals surface area contributed by atoms with E-state index in [-0.39, 0.29) is 11.7 Å². The number of nitrogens with zero attached hydrogens (tertiary/aromatic N) is 2. The van der Waals surface area contributed by atoms with Crippen LogP contribution in [0.2, 0.25) is 0 Å². The van der Waals surface area contributed by atoms with Gasteiger partial charge in [-0.3, -0.25) is 4.90 Å². The van der Waals surface area contributed by atoms with Crippen molar-refractivity contribution in [1.29, 1.82) is 0 Å². The molecule has 0 saturated carbocycles. The molecule has 3 aromatic carbocycles. The summed E-state index contributed by atoms with van der Waals surface area (Å²) in [5.41, 5.74) is 3.69. The molecule has 0 spiro atoms. The van der Waals surface area contributed by atoms with E-state index in [0.29, 0.717) is 18.0 Å². The number of benzene rings is 3. The van der Waals surface area contributed by atoms with Gasteiger partial charge < -0.3 is 4.90 Å². The molecule has 3 heteroatoms. The molecule has 3 aliphatic rings. The van der Waals surface area contributed by atoms with E-state index in [2.05, 4.69) is 77.5 Å². The number of piperidine rings is 3. The molecule has 3 aromatic rings. The third-order valence-corrected chi connectivity index (χ3v) is 7.15. The summed E-state index contributed by atoms with van der Waals surface area (Å²) in [6, 6.07) is 29.6. The van der Waals surface area contributed by atoms with E-state index >= 15 is 0 Å². The van der Waals surface area contributed by atoms with Gasteiger partial charge in [-0.15, -0.1) is 0 Å². The molecule has 0 aromatic heterocycles. The minimum absolute atomic E-state index is 0.167. The van der Waals surface area contributed by atoms with Gasteiger partial charge in [-0.2, -0.15) is 0 Å². The molecular weight excluding hydrogens is 371 g/mol. The predicted molar refractivity (Wildman–Crippen MR) is 121 cm³/mol. The Morgan fingerprint density at radius 2 is 1.43 bits per heavy atom. The first-order valence-electron chi connectivity index (χ1n) is 11.0. The first kappa shape index (κ1) is 19.3. The largest absolute Gasteiger partial charge is 0.370 e. The number of halogens is 1. The molecule has 2 nitrogen and oxygen atoms in total. The fraction of sp³-hybridized carbons (Fsp3) is 0.333. The summed E-state index contributed by atoms with van der Waals surface area (Å²) in [5.74, 6) is 0.750. The van der Waals surface area contributed by atoms with Crippen LogP contribution in [0.15, 0.2) is 84.9 Å². The van der Waals surface area contributed by atoms with Crippen molar-refractivity contribution >= 4 is 5.69 Å². The highest BCUT2D eigenvalue weighted by molar-refractivity contribution is 5.49. The van der Waals surface area contributed by atoms with Crippen molar-refractivity contribution in [1.82, 2.24) is 4.90 Å². The highest BCUT2D eigenvalue weighted by Gasteiger charge is 2.48. The molecule has 0 amide bonds. The van der Waals surface area contributed by atoms with E-state index in [4.69, 9.17) is 0 Å². The lowest BCUT2D eigenvalue weighted by Crippen LogP contribution is -2.65. The molecule has 30 heavy (non-hydrogen) atoms. The van der Waals surface area contributed by atoms with Crippen LogP contribution in [-0.2, 0) is 0 Å². The summed E-state index contributed by atoms with van der Waals surface area (Å²) in [7, 11) is 2.15. The van der Waals surface area contributed by atoms with Crippen LogP contribution in [0.25, 0.3) is 0 Å². The molecule has 0 unspecified atom stereocenters. The van der Waals surface area contributed by atoms with Crippen LogP contribution in [0.5, 0.6) is 0 Å². The normalized spacial score (nSPS) is 25.4. The van der Waals surface area contributed by atoms with Crippen molar-refractivity contribution < 1.29 is 4.39 Å². The van der Waals surface area contributed by atoms with Gasteiger partial charge in [-0.25, -0.2) is 4.39 Å². The summed E-state index contributed by atoms with van der Waals surface area (Å²) in [6.07, 6.45) is 2.44. The van der Waals surface area contributed by atoms with Gasteiger partial charge in [0.1, 0.15) is 5.82 Å². The first-order chi connectivity index (χ1) is 14.7. The first-order valence-corrected chi connectivity index (χ1v) is 11.0. The Labute approximate surface area is 179 Å².